The maximum absolute atomic E-state index is 14.5. The van der Waals surface area contributed by atoms with Gasteiger partial charge in [-0.15, -0.1) is 0 Å². The summed E-state index contributed by atoms with van der Waals surface area (Å²) < 4.78 is 24.4. The second-order valence-corrected chi connectivity index (χ2v) is 13.8. The molecule has 2 aromatic rings. The molecular formula is C36H40O9. The Morgan fingerprint density at radius 1 is 0.844 bits per heavy atom. The van der Waals surface area contributed by atoms with Gasteiger partial charge in [0, 0.05) is 18.8 Å². The summed E-state index contributed by atoms with van der Waals surface area (Å²) in [6.45, 7) is 10.6. The molecule has 0 amide bonds. The first-order chi connectivity index (χ1) is 21.2. The Balaban J connectivity index is 1.44. The summed E-state index contributed by atoms with van der Waals surface area (Å²) in [5.74, 6) is -3.84. The summed E-state index contributed by atoms with van der Waals surface area (Å²) >= 11 is 0. The summed E-state index contributed by atoms with van der Waals surface area (Å²) in [5.41, 5.74) is -2.14. The van der Waals surface area contributed by atoms with E-state index in [2.05, 4.69) is 0 Å². The molecule has 9 nitrogen and oxygen atoms in total. The third kappa shape index (κ3) is 4.91. The highest BCUT2D eigenvalue weighted by molar-refractivity contribution is 5.96. The first-order valence-corrected chi connectivity index (χ1v) is 15.6. The SMILES string of the molecule is CC(=O)O[C@H]1[C@@H]2[C@H](C(OC(=O)c3ccccc3)[C@H](O)/C(C)=C/[C@@]34O[C@@]3(C[C@H](C)[C@@H]4OC(=O)c3ccccc3)C(=O)[C@@H]1C)C2(C)C. The first kappa shape index (κ1) is 31.2. The number of fused-ring (bicyclic) bond motifs is 1. The molecule has 3 aliphatic carbocycles. The maximum Gasteiger partial charge on any atom is 0.338 e. The normalized spacial score (nSPS) is 39.0. The van der Waals surface area contributed by atoms with Gasteiger partial charge in [-0.05, 0) is 60.6 Å². The van der Waals surface area contributed by atoms with Gasteiger partial charge < -0.3 is 24.1 Å². The molecule has 6 rings (SSSR count). The molecular weight excluding hydrogens is 576 g/mol. The average molecular weight is 617 g/mol. The van der Waals surface area contributed by atoms with Crippen molar-refractivity contribution in [2.45, 2.75) is 83.6 Å². The zero-order valence-electron chi connectivity index (χ0n) is 26.4. The van der Waals surface area contributed by atoms with E-state index in [-0.39, 0.29) is 18.1 Å². The Kier molecular flexibility index (Phi) is 7.56. The fourth-order valence-electron chi connectivity index (χ4n) is 8.22. The Bertz CT molecular complexity index is 1550. The lowest BCUT2D eigenvalue weighted by molar-refractivity contribution is -0.154. The molecule has 0 spiro atoms. The van der Waals surface area contributed by atoms with E-state index >= 15 is 0 Å². The number of hydrogen-bond donors (Lipinski definition) is 1. The van der Waals surface area contributed by atoms with E-state index in [1.807, 2.05) is 20.8 Å². The number of carbonyl (C=O) groups is 4. The van der Waals surface area contributed by atoms with Crippen molar-refractivity contribution < 1.29 is 43.2 Å². The third-order valence-electron chi connectivity index (χ3n) is 10.5. The molecule has 0 bridgehead atoms. The van der Waals surface area contributed by atoms with E-state index in [1.54, 1.807) is 80.6 Å². The molecule has 1 N–H and O–H groups in total. The number of ketones is 1. The van der Waals surface area contributed by atoms with Gasteiger partial charge in [0.15, 0.2) is 17.0 Å². The van der Waals surface area contributed by atoms with Crippen LogP contribution in [0.25, 0.3) is 0 Å². The maximum atomic E-state index is 14.5. The Morgan fingerprint density at radius 3 is 1.93 bits per heavy atom. The third-order valence-corrected chi connectivity index (χ3v) is 10.5. The molecule has 2 saturated carbocycles. The lowest BCUT2D eigenvalue weighted by Gasteiger charge is -2.28. The van der Waals surface area contributed by atoms with E-state index in [0.29, 0.717) is 16.7 Å². The number of aliphatic hydroxyl groups excluding tert-OH is 1. The minimum Gasteiger partial charge on any atom is -0.461 e. The molecule has 0 aromatic heterocycles. The van der Waals surface area contributed by atoms with Crippen LogP contribution in [0.2, 0.25) is 0 Å². The minimum atomic E-state index is -1.36. The molecule has 2 aromatic carbocycles. The average Bonchev–Trinajstić information content (AvgIpc) is 3.81. The van der Waals surface area contributed by atoms with Crippen LogP contribution in [0.3, 0.4) is 0 Å². The summed E-state index contributed by atoms with van der Waals surface area (Å²) in [5, 5.41) is 11.9. The van der Waals surface area contributed by atoms with Gasteiger partial charge in [0.05, 0.1) is 17.0 Å². The van der Waals surface area contributed by atoms with Crippen LogP contribution in [0.1, 0.15) is 68.7 Å². The summed E-state index contributed by atoms with van der Waals surface area (Å²) in [7, 11) is 0. The summed E-state index contributed by atoms with van der Waals surface area (Å²) in [6, 6.07) is 17.1. The lowest BCUT2D eigenvalue weighted by atomic mass is 9.80. The molecule has 1 unspecified atom stereocenters. The van der Waals surface area contributed by atoms with Crippen LogP contribution in [0, 0.1) is 29.1 Å². The van der Waals surface area contributed by atoms with Gasteiger partial charge in [0.1, 0.15) is 24.4 Å². The molecule has 0 radical (unpaired) electrons. The highest BCUT2D eigenvalue weighted by atomic mass is 16.7. The van der Waals surface area contributed by atoms with Gasteiger partial charge in [0.2, 0.25) is 0 Å². The summed E-state index contributed by atoms with van der Waals surface area (Å²) in [4.78, 5) is 53.6. The predicted molar refractivity (Wildman–Crippen MR) is 162 cm³/mol. The highest BCUT2D eigenvalue weighted by Crippen LogP contribution is 2.68. The minimum absolute atomic E-state index is 0.251. The highest BCUT2D eigenvalue weighted by Gasteiger charge is 2.84. The Hall–Kier alpha value is -3.82. The second-order valence-electron chi connectivity index (χ2n) is 13.8. The van der Waals surface area contributed by atoms with E-state index in [9.17, 15) is 24.3 Å². The standard InChI is InChI=1S/C36H40O9/c1-19-17-36-31(44-33(41)24-15-11-8-12-16-24)20(2)18-35(36,45-36)30(39)21(3)28(42-22(4)37)25-26(34(25,5)6)29(27(19)38)43-32(40)23-13-9-7-10-14-23/h7-17,20-21,25-29,31,38H,18H2,1-6H3/b19-17+/t20-,21+,25-,26+,27+,28+,29?,31-,35-,36-/m0/s1. The molecule has 1 saturated heterocycles. The van der Waals surface area contributed by atoms with Crippen LogP contribution < -0.4 is 0 Å². The monoisotopic (exact) mass is 616 g/mol. The molecule has 3 fully saturated rings. The lowest BCUT2D eigenvalue weighted by Crippen LogP contribution is -2.43. The topological polar surface area (TPSA) is 129 Å². The van der Waals surface area contributed by atoms with Crippen molar-refractivity contribution >= 4 is 23.7 Å². The molecule has 1 heterocycles. The molecule has 45 heavy (non-hydrogen) atoms. The zero-order chi connectivity index (χ0) is 32.5. The van der Waals surface area contributed by atoms with Gasteiger partial charge in [-0.3, -0.25) is 9.59 Å². The summed E-state index contributed by atoms with van der Waals surface area (Å²) in [6.07, 6.45) is -2.05. The molecule has 9 heteroatoms. The number of epoxide rings is 1. The van der Waals surface area contributed by atoms with E-state index in [4.69, 9.17) is 18.9 Å². The Morgan fingerprint density at radius 2 is 1.38 bits per heavy atom. The van der Waals surface area contributed by atoms with Crippen molar-refractivity contribution in [2.24, 2.45) is 29.1 Å². The van der Waals surface area contributed by atoms with Crippen molar-refractivity contribution in [3.8, 4) is 0 Å². The first-order valence-electron chi connectivity index (χ1n) is 15.6. The number of rotatable bonds is 5. The number of benzene rings is 2. The smallest absolute Gasteiger partial charge is 0.338 e. The number of ether oxygens (including phenoxy) is 4. The van der Waals surface area contributed by atoms with E-state index in [0.717, 1.165) is 0 Å². The van der Waals surface area contributed by atoms with Crippen molar-refractivity contribution in [3.63, 3.8) is 0 Å². The van der Waals surface area contributed by atoms with Gasteiger partial charge in [-0.1, -0.05) is 64.1 Å². The largest absolute Gasteiger partial charge is 0.461 e. The van der Waals surface area contributed by atoms with Crippen molar-refractivity contribution in [2.75, 3.05) is 0 Å². The fraction of sp³-hybridized carbons (Fsp3) is 0.500. The molecule has 10 atom stereocenters. The van der Waals surface area contributed by atoms with Crippen molar-refractivity contribution in [1.82, 2.24) is 0 Å². The number of hydrogen-bond acceptors (Lipinski definition) is 9. The number of aliphatic hydroxyl groups is 1. The van der Waals surface area contributed by atoms with Crippen LogP contribution in [0.5, 0.6) is 0 Å². The Labute approximate surface area is 262 Å². The number of esters is 3. The van der Waals surface area contributed by atoms with Crippen LogP contribution in [0.4, 0.5) is 0 Å². The van der Waals surface area contributed by atoms with Crippen molar-refractivity contribution in [3.05, 3.63) is 83.4 Å². The fourth-order valence-corrected chi connectivity index (χ4v) is 8.22. The quantitative estimate of drug-likeness (QED) is 0.220. The van der Waals surface area contributed by atoms with Crippen LogP contribution >= 0.6 is 0 Å². The van der Waals surface area contributed by atoms with Crippen LogP contribution in [-0.2, 0) is 28.5 Å². The van der Waals surface area contributed by atoms with Crippen molar-refractivity contribution in [1.29, 1.82) is 0 Å². The molecule has 4 aliphatic rings. The molecule has 238 valence electrons. The van der Waals surface area contributed by atoms with Gasteiger partial charge >= 0.3 is 17.9 Å². The number of Topliss-reactive ketones (excluding diaryl/α,β-unsaturated/α-hetero) is 1. The van der Waals surface area contributed by atoms with Gasteiger partial charge in [-0.2, -0.15) is 0 Å². The van der Waals surface area contributed by atoms with Gasteiger partial charge in [0.25, 0.3) is 0 Å². The number of carbonyl (C=O) groups excluding carboxylic acids is 4. The zero-order valence-corrected chi connectivity index (χ0v) is 26.4. The van der Waals surface area contributed by atoms with Gasteiger partial charge in [-0.25, -0.2) is 9.59 Å². The van der Waals surface area contributed by atoms with Crippen LogP contribution in [0.15, 0.2) is 72.3 Å². The molecule has 1 aliphatic heterocycles. The van der Waals surface area contributed by atoms with E-state index < -0.39 is 76.7 Å². The van der Waals surface area contributed by atoms with E-state index in [1.165, 1.54) is 6.92 Å². The van der Waals surface area contributed by atoms with Crippen LogP contribution in [-0.4, -0.2) is 64.4 Å². The predicted octanol–water partition coefficient (Wildman–Crippen LogP) is 4.72. The second kappa shape index (κ2) is 10.9.